The van der Waals surface area contributed by atoms with Crippen LogP contribution in [-0.2, 0) is 0 Å². The first-order valence-corrected chi connectivity index (χ1v) is 8.25. The van der Waals surface area contributed by atoms with Gasteiger partial charge in [0.05, 0.1) is 5.52 Å². The topological polar surface area (TPSA) is 41.6 Å². The minimum atomic E-state index is 0.999. The van der Waals surface area contributed by atoms with Crippen LogP contribution in [0.3, 0.4) is 0 Å². The molecular weight excluding hydrogens is 306 g/mol. The van der Waals surface area contributed by atoms with Crippen molar-refractivity contribution >= 4 is 21.8 Å². The van der Waals surface area contributed by atoms with Crippen molar-refractivity contribution in [2.45, 2.75) is 0 Å². The molecule has 3 heterocycles. The highest BCUT2D eigenvalue weighted by molar-refractivity contribution is 5.97. The molecule has 3 aromatic heterocycles. The van der Waals surface area contributed by atoms with Gasteiger partial charge in [0.1, 0.15) is 0 Å². The van der Waals surface area contributed by atoms with E-state index in [2.05, 4.69) is 63.5 Å². The zero-order valence-corrected chi connectivity index (χ0v) is 13.5. The summed E-state index contributed by atoms with van der Waals surface area (Å²) >= 11 is 0. The number of nitrogens with zero attached hydrogens (tertiary/aromatic N) is 2. The van der Waals surface area contributed by atoms with Crippen molar-refractivity contribution in [1.29, 1.82) is 0 Å². The van der Waals surface area contributed by atoms with Crippen molar-refractivity contribution in [2.75, 3.05) is 0 Å². The quantitative estimate of drug-likeness (QED) is 0.470. The lowest BCUT2D eigenvalue weighted by Crippen LogP contribution is -1.86. The molecule has 0 aliphatic carbocycles. The monoisotopic (exact) mass is 321 g/mol. The van der Waals surface area contributed by atoms with Gasteiger partial charge in [-0.3, -0.25) is 9.97 Å². The van der Waals surface area contributed by atoms with Crippen molar-refractivity contribution in [2.24, 2.45) is 0 Å². The Morgan fingerprint density at radius 2 is 1.52 bits per heavy atom. The van der Waals surface area contributed by atoms with E-state index in [1.165, 1.54) is 22.1 Å². The number of aromatic nitrogens is 3. The van der Waals surface area contributed by atoms with Gasteiger partial charge in [0.25, 0.3) is 0 Å². The van der Waals surface area contributed by atoms with Crippen molar-refractivity contribution in [3.63, 3.8) is 0 Å². The first-order chi connectivity index (χ1) is 12.4. The van der Waals surface area contributed by atoms with E-state index in [1.807, 2.05) is 36.9 Å². The maximum absolute atomic E-state index is 4.52. The van der Waals surface area contributed by atoms with Gasteiger partial charge in [-0.05, 0) is 70.1 Å². The number of aromatic amines is 1. The molecule has 2 aromatic carbocycles. The minimum Gasteiger partial charge on any atom is -0.361 e. The second-order valence-electron chi connectivity index (χ2n) is 6.11. The number of hydrogen-bond donors (Lipinski definition) is 1. The maximum atomic E-state index is 4.52. The van der Waals surface area contributed by atoms with Gasteiger partial charge in [0.15, 0.2) is 0 Å². The SMILES string of the molecule is c1cc(-c2ccnc3ccc(-c4ccc5cc[nH]c5c4)cc23)ccn1. The molecule has 25 heavy (non-hydrogen) atoms. The average Bonchev–Trinajstić information content (AvgIpc) is 3.15. The first-order valence-electron chi connectivity index (χ1n) is 8.25. The van der Waals surface area contributed by atoms with E-state index in [4.69, 9.17) is 0 Å². The van der Waals surface area contributed by atoms with Crippen LogP contribution in [0.2, 0.25) is 0 Å². The fourth-order valence-electron chi connectivity index (χ4n) is 3.34. The summed E-state index contributed by atoms with van der Waals surface area (Å²) in [6.45, 7) is 0. The molecule has 118 valence electrons. The molecule has 0 atom stereocenters. The third kappa shape index (κ3) is 2.37. The summed E-state index contributed by atoms with van der Waals surface area (Å²) in [6.07, 6.45) is 7.48. The lowest BCUT2D eigenvalue weighted by molar-refractivity contribution is 1.33. The predicted octanol–water partition coefficient (Wildman–Crippen LogP) is 5.45. The third-order valence-electron chi connectivity index (χ3n) is 4.62. The Balaban J connectivity index is 1.72. The maximum Gasteiger partial charge on any atom is 0.0708 e. The molecule has 0 spiro atoms. The molecule has 3 nitrogen and oxygen atoms in total. The molecule has 0 saturated heterocycles. The van der Waals surface area contributed by atoms with Gasteiger partial charge >= 0.3 is 0 Å². The van der Waals surface area contributed by atoms with E-state index in [-0.39, 0.29) is 0 Å². The summed E-state index contributed by atoms with van der Waals surface area (Å²) in [5, 5.41) is 2.38. The van der Waals surface area contributed by atoms with Gasteiger partial charge in [-0.2, -0.15) is 0 Å². The summed E-state index contributed by atoms with van der Waals surface area (Å²) in [4.78, 5) is 11.9. The summed E-state index contributed by atoms with van der Waals surface area (Å²) < 4.78 is 0. The van der Waals surface area contributed by atoms with Crippen LogP contribution < -0.4 is 0 Å². The third-order valence-corrected chi connectivity index (χ3v) is 4.62. The van der Waals surface area contributed by atoms with E-state index in [0.717, 1.165) is 22.0 Å². The Labute approximate surface area is 145 Å². The number of benzene rings is 2. The van der Waals surface area contributed by atoms with Crippen LogP contribution in [-0.4, -0.2) is 15.0 Å². The molecule has 0 radical (unpaired) electrons. The van der Waals surface area contributed by atoms with E-state index >= 15 is 0 Å². The fraction of sp³-hybridized carbons (Fsp3) is 0. The largest absolute Gasteiger partial charge is 0.361 e. The second kappa shape index (κ2) is 5.56. The number of fused-ring (bicyclic) bond motifs is 2. The second-order valence-corrected chi connectivity index (χ2v) is 6.11. The average molecular weight is 321 g/mol. The molecule has 0 amide bonds. The number of H-pyrrole nitrogens is 1. The van der Waals surface area contributed by atoms with E-state index < -0.39 is 0 Å². The molecule has 3 heteroatoms. The van der Waals surface area contributed by atoms with Crippen LogP contribution in [0.4, 0.5) is 0 Å². The van der Waals surface area contributed by atoms with Crippen molar-refractivity contribution in [1.82, 2.24) is 15.0 Å². The Morgan fingerprint density at radius 1 is 0.680 bits per heavy atom. The van der Waals surface area contributed by atoms with E-state index in [1.54, 1.807) is 0 Å². The van der Waals surface area contributed by atoms with Gasteiger partial charge in [-0.25, -0.2) is 0 Å². The molecule has 0 aliphatic heterocycles. The van der Waals surface area contributed by atoms with Gasteiger partial charge in [-0.1, -0.05) is 18.2 Å². The lowest BCUT2D eigenvalue weighted by atomic mass is 9.97. The highest BCUT2D eigenvalue weighted by atomic mass is 14.7. The number of rotatable bonds is 2. The summed E-state index contributed by atoms with van der Waals surface area (Å²) in [7, 11) is 0. The zero-order valence-electron chi connectivity index (χ0n) is 13.5. The normalized spacial score (nSPS) is 11.2. The van der Waals surface area contributed by atoms with Gasteiger partial charge < -0.3 is 4.98 Å². The molecule has 5 aromatic rings. The molecule has 0 unspecified atom stereocenters. The molecule has 0 aliphatic rings. The Hall–Kier alpha value is -3.46. The summed E-state index contributed by atoms with van der Waals surface area (Å²) in [5.41, 5.74) is 6.86. The molecule has 0 saturated carbocycles. The van der Waals surface area contributed by atoms with Gasteiger partial charge in [0, 0.05) is 35.7 Å². The van der Waals surface area contributed by atoms with Crippen LogP contribution in [0.25, 0.3) is 44.1 Å². The zero-order chi connectivity index (χ0) is 16.6. The molecule has 0 fully saturated rings. The predicted molar refractivity (Wildman–Crippen MR) is 102 cm³/mol. The highest BCUT2D eigenvalue weighted by Crippen LogP contribution is 2.31. The summed E-state index contributed by atoms with van der Waals surface area (Å²) in [5.74, 6) is 0. The molecule has 0 bridgehead atoms. The number of pyridine rings is 2. The van der Waals surface area contributed by atoms with Gasteiger partial charge in [-0.15, -0.1) is 0 Å². The van der Waals surface area contributed by atoms with Gasteiger partial charge in [0.2, 0.25) is 0 Å². The standard InChI is InChI=1S/C22H15N3/c1-2-18(14-22-16(1)7-11-25-22)17-3-4-21-20(13-17)19(8-12-24-21)15-5-9-23-10-6-15/h1-14,25H. The molecule has 1 N–H and O–H groups in total. The van der Waals surface area contributed by atoms with Crippen molar-refractivity contribution in [3.8, 4) is 22.3 Å². The van der Waals surface area contributed by atoms with Crippen molar-refractivity contribution in [3.05, 3.63) is 85.5 Å². The number of hydrogen-bond acceptors (Lipinski definition) is 2. The molecule has 5 rings (SSSR count). The first kappa shape index (κ1) is 13.9. The van der Waals surface area contributed by atoms with Crippen LogP contribution >= 0.6 is 0 Å². The Morgan fingerprint density at radius 3 is 2.44 bits per heavy atom. The number of nitrogens with one attached hydrogen (secondary N) is 1. The van der Waals surface area contributed by atoms with E-state index in [9.17, 15) is 0 Å². The Bertz CT molecular complexity index is 1190. The van der Waals surface area contributed by atoms with Crippen LogP contribution in [0.5, 0.6) is 0 Å². The van der Waals surface area contributed by atoms with Crippen LogP contribution in [0.1, 0.15) is 0 Å². The van der Waals surface area contributed by atoms with Crippen molar-refractivity contribution < 1.29 is 0 Å². The smallest absolute Gasteiger partial charge is 0.0708 e. The Kier molecular flexibility index (Phi) is 3.10. The van der Waals surface area contributed by atoms with Crippen LogP contribution in [0, 0.1) is 0 Å². The summed E-state index contributed by atoms with van der Waals surface area (Å²) in [6, 6.07) is 21.2. The lowest BCUT2D eigenvalue weighted by Gasteiger charge is -2.09. The minimum absolute atomic E-state index is 0.999. The highest BCUT2D eigenvalue weighted by Gasteiger charge is 2.07. The van der Waals surface area contributed by atoms with E-state index in [0.29, 0.717) is 0 Å². The fourth-order valence-corrected chi connectivity index (χ4v) is 3.34. The van der Waals surface area contributed by atoms with Crippen LogP contribution in [0.15, 0.2) is 85.5 Å². The molecular formula is C22H15N3.